The number of aliphatic hydroxyl groups is 1. The zero-order chi connectivity index (χ0) is 22.8. The summed E-state index contributed by atoms with van der Waals surface area (Å²) in [5, 5.41) is 9.98. The Morgan fingerprint density at radius 3 is 2.35 bits per heavy atom. The normalized spacial score (nSPS) is 26.3. The second kappa shape index (κ2) is 7.40. The summed E-state index contributed by atoms with van der Waals surface area (Å²) >= 11 is 0. The van der Waals surface area contributed by atoms with E-state index in [0.717, 1.165) is 83.9 Å². The summed E-state index contributed by atoms with van der Waals surface area (Å²) in [6.07, 6.45) is 14.1. The molecule has 7 nitrogen and oxygen atoms in total. The van der Waals surface area contributed by atoms with Gasteiger partial charge in [-0.05, 0) is 75.0 Å². The van der Waals surface area contributed by atoms with Crippen LogP contribution in [0.25, 0.3) is 33.7 Å². The highest BCUT2D eigenvalue weighted by molar-refractivity contribution is 5.84. The lowest BCUT2D eigenvalue weighted by Gasteiger charge is -2.52. The van der Waals surface area contributed by atoms with Crippen molar-refractivity contribution in [3.63, 3.8) is 0 Å². The number of H-pyrrole nitrogens is 1. The fraction of sp³-hybridized carbons (Fsp3) is 0.444. The number of rotatable bonds is 5. The molecule has 4 aliphatic carbocycles. The van der Waals surface area contributed by atoms with Gasteiger partial charge in [-0.3, -0.25) is 9.97 Å². The second-order valence-electron chi connectivity index (χ2n) is 10.6. The maximum Gasteiger partial charge on any atom is 0.132 e. The monoisotopic (exact) mass is 452 g/mol. The van der Waals surface area contributed by atoms with E-state index in [9.17, 15) is 5.11 Å². The lowest BCUT2D eigenvalue weighted by atomic mass is 9.54. The number of fused-ring (bicyclic) bond motifs is 4. The van der Waals surface area contributed by atoms with E-state index < -0.39 is 0 Å². The van der Waals surface area contributed by atoms with Crippen LogP contribution in [0.3, 0.4) is 0 Å². The molecular weight excluding hydrogens is 424 g/mol. The molecular formula is C27H28N6O. The fourth-order valence-corrected chi connectivity index (χ4v) is 6.04. The van der Waals surface area contributed by atoms with Crippen molar-refractivity contribution in [2.75, 3.05) is 6.61 Å². The molecule has 3 heterocycles. The summed E-state index contributed by atoms with van der Waals surface area (Å²) in [5.41, 5.74) is 5.72. The number of imidazole rings is 1. The molecule has 2 bridgehead atoms. The standard InChI is InChI=1S/C27H28N6O/c34-16-26-6-9-27(10-7-26,11-8-26)25-32-22(18-3-4-19-21(15-18)29-14-13-28-19)23(33-25)20-5-12-30-24(31-20)17-1-2-17/h3-5,12-15,17,34H,1-2,6-11,16H2,(H,32,33). The Kier molecular flexibility index (Phi) is 4.40. The average molecular weight is 453 g/mol. The zero-order valence-corrected chi connectivity index (χ0v) is 19.2. The summed E-state index contributed by atoms with van der Waals surface area (Å²) in [6.45, 7) is 0.306. The molecule has 4 fully saturated rings. The van der Waals surface area contributed by atoms with Crippen molar-refractivity contribution in [3.8, 4) is 22.6 Å². The fourth-order valence-electron chi connectivity index (χ4n) is 6.04. The zero-order valence-electron chi connectivity index (χ0n) is 19.2. The predicted molar refractivity (Wildman–Crippen MR) is 129 cm³/mol. The van der Waals surface area contributed by atoms with E-state index in [1.807, 2.05) is 18.3 Å². The van der Waals surface area contributed by atoms with Gasteiger partial charge in [0.25, 0.3) is 0 Å². The van der Waals surface area contributed by atoms with Gasteiger partial charge in [0.1, 0.15) is 17.3 Å². The Bertz CT molecular complexity index is 1370. The molecule has 2 N–H and O–H groups in total. The Morgan fingerprint density at radius 1 is 0.853 bits per heavy atom. The maximum atomic E-state index is 9.98. The number of aliphatic hydroxyl groups excluding tert-OH is 1. The Hall–Kier alpha value is -3.19. The van der Waals surface area contributed by atoms with Gasteiger partial charge in [0.05, 0.1) is 22.4 Å². The van der Waals surface area contributed by atoms with Gasteiger partial charge in [0.2, 0.25) is 0 Å². The highest BCUT2D eigenvalue weighted by Gasteiger charge is 2.50. The van der Waals surface area contributed by atoms with E-state index >= 15 is 0 Å². The van der Waals surface area contributed by atoms with E-state index in [-0.39, 0.29) is 10.8 Å². The molecule has 8 rings (SSSR count). The Morgan fingerprint density at radius 2 is 1.62 bits per heavy atom. The first kappa shape index (κ1) is 20.2. The van der Waals surface area contributed by atoms with Gasteiger partial charge in [-0.2, -0.15) is 0 Å². The first-order valence-electron chi connectivity index (χ1n) is 12.4. The number of hydrogen-bond donors (Lipinski definition) is 2. The quantitative estimate of drug-likeness (QED) is 0.445. The highest BCUT2D eigenvalue weighted by Crippen LogP contribution is 2.57. The van der Waals surface area contributed by atoms with Crippen LogP contribution in [0.15, 0.2) is 42.9 Å². The Labute approximate surface area is 198 Å². The van der Waals surface area contributed by atoms with Gasteiger partial charge >= 0.3 is 0 Å². The molecule has 4 saturated carbocycles. The third-order valence-electron chi connectivity index (χ3n) is 8.56. The van der Waals surface area contributed by atoms with Gasteiger partial charge < -0.3 is 10.1 Å². The van der Waals surface area contributed by atoms with Crippen LogP contribution in [0, 0.1) is 5.41 Å². The number of benzene rings is 1. The average Bonchev–Trinajstić information content (AvgIpc) is 3.67. The van der Waals surface area contributed by atoms with Crippen molar-refractivity contribution in [2.45, 2.75) is 62.7 Å². The minimum Gasteiger partial charge on any atom is -0.396 e. The summed E-state index contributed by atoms with van der Waals surface area (Å²) in [7, 11) is 0. The van der Waals surface area contributed by atoms with E-state index in [1.165, 1.54) is 12.8 Å². The maximum absolute atomic E-state index is 9.98. The van der Waals surface area contributed by atoms with E-state index in [2.05, 4.69) is 32.1 Å². The van der Waals surface area contributed by atoms with Crippen molar-refractivity contribution in [1.82, 2.24) is 29.9 Å². The molecule has 0 amide bonds. The molecule has 1 aromatic carbocycles. The lowest BCUT2D eigenvalue weighted by molar-refractivity contribution is -0.00950. The van der Waals surface area contributed by atoms with Crippen molar-refractivity contribution in [1.29, 1.82) is 0 Å². The van der Waals surface area contributed by atoms with Crippen LogP contribution in [0.1, 0.15) is 68.9 Å². The molecule has 4 aromatic rings. The van der Waals surface area contributed by atoms with Crippen molar-refractivity contribution in [3.05, 3.63) is 54.5 Å². The number of nitrogens with one attached hydrogen (secondary N) is 1. The topological polar surface area (TPSA) is 100 Å². The van der Waals surface area contributed by atoms with Gasteiger partial charge in [-0.1, -0.05) is 6.07 Å². The summed E-state index contributed by atoms with van der Waals surface area (Å²) in [4.78, 5) is 27.4. The van der Waals surface area contributed by atoms with Crippen molar-refractivity contribution >= 4 is 11.0 Å². The van der Waals surface area contributed by atoms with Gasteiger partial charge in [0, 0.05) is 42.1 Å². The number of hydrogen-bond acceptors (Lipinski definition) is 6. The van der Waals surface area contributed by atoms with Crippen LogP contribution < -0.4 is 0 Å². The molecule has 4 aliphatic rings. The third-order valence-corrected chi connectivity index (χ3v) is 8.56. The number of aromatic nitrogens is 6. The SMILES string of the molecule is OCC12CCC(c3nc(-c4ccnc(C5CC5)n4)c(-c4ccc5nccnc5c4)[nH]3)(CC1)CC2. The van der Waals surface area contributed by atoms with Crippen molar-refractivity contribution in [2.24, 2.45) is 5.41 Å². The number of nitrogens with zero attached hydrogens (tertiary/aromatic N) is 5. The summed E-state index contributed by atoms with van der Waals surface area (Å²) in [6, 6.07) is 8.18. The van der Waals surface area contributed by atoms with Crippen molar-refractivity contribution < 1.29 is 5.11 Å². The van der Waals surface area contributed by atoms with E-state index in [4.69, 9.17) is 9.97 Å². The molecule has 0 aliphatic heterocycles. The van der Waals surface area contributed by atoms with Crippen LogP contribution in [0.4, 0.5) is 0 Å². The minimum absolute atomic E-state index is 0.0485. The lowest BCUT2D eigenvalue weighted by Crippen LogP contribution is -2.46. The number of aromatic amines is 1. The molecule has 34 heavy (non-hydrogen) atoms. The minimum atomic E-state index is 0.0485. The molecule has 0 atom stereocenters. The molecule has 172 valence electrons. The summed E-state index contributed by atoms with van der Waals surface area (Å²) < 4.78 is 0. The molecule has 0 spiro atoms. The van der Waals surface area contributed by atoms with Crippen LogP contribution in [0.5, 0.6) is 0 Å². The Balaban J connectivity index is 1.37. The molecule has 3 aromatic heterocycles. The third kappa shape index (κ3) is 3.17. The van der Waals surface area contributed by atoms with Crippen LogP contribution in [-0.2, 0) is 5.41 Å². The van der Waals surface area contributed by atoms with E-state index in [1.54, 1.807) is 12.4 Å². The molecule has 0 saturated heterocycles. The smallest absolute Gasteiger partial charge is 0.132 e. The van der Waals surface area contributed by atoms with E-state index in [0.29, 0.717) is 12.5 Å². The first-order valence-corrected chi connectivity index (χ1v) is 12.4. The van der Waals surface area contributed by atoms with Crippen LogP contribution >= 0.6 is 0 Å². The van der Waals surface area contributed by atoms with Gasteiger partial charge in [0.15, 0.2) is 0 Å². The van der Waals surface area contributed by atoms with Gasteiger partial charge in [-0.15, -0.1) is 0 Å². The summed E-state index contributed by atoms with van der Waals surface area (Å²) in [5.74, 6) is 2.48. The van der Waals surface area contributed by atoms with Gasteiger partial charge in [-0.25, -0.2) is 15.0 Å². The molecule has 0 unspecified atom stereocenters. The first-order chi connectivity index (χ1) is 16.7. The van der Waals surface area contributed by atoms with Crippen LogP contribution in [-0.4, -0.2) is 41.6 Å². The highest BCUT2D eigenvalue weighted by atomic mass is 16.3. The predicted octanol–water partition coefficient (Wildman–Crippen LogP) is 4.94. The molecule has 7 heteroatoms. The second-order valence-corrected chi connectivity index (χ2v) is 10.6. The largest absolute Gasteiger partial charge is 0.396 e. The van der Waals surface area contributed by atoms with Crippen LogP contribution in [0.2, 0.25) is 0 Å². The molecule has 0 radical (unpaired) electrons.